The predicted octanol–water partition coefficient (Wildman–Crippen LogP) is 9.09. The van der Waals surface area contributed by atoms with Crippen molar-refractivity contribution in [2.75, 3.05) is 40.9 Å². The monoisotopic (exact) mass is 438 g/mol. The molecule has 0 N–H and O–H groups in total. The van der Waals surface area contributed by atoms with Gasteiger partial charge in [-0.15, -0.1) is 0 Å². The van der Waals surface area contributed by atoms with Gasteiger partial charge in [-0.05, 0) is 32.1 Å². The Hall–Kier alpha value is -0.340. The fourth-order valence-electron chi connectivity index (χ4n) is 3.95. The van der Waals surface area contributed by atoms with Crippen molar-refractivity contribution < 1.29 is 9.22 Å². The van der Waals surface area contributed by atoms with Gasteiger partial charge in [0.05, 0.1) is 27.7 Å². The van der Waals surface area contributed by atoms with Crippen molar-refractivity contribution in [3.8, 4) is 0 Å². The fourth-order valence-corrected chi connectivity index (χ4v) is 3.95. The van der Waals surface area contributed by atoms with Crippen molar-refractivity contribution in [1.82, 2.24) is 0 Å². The minimum atomic E-state index is 0.902. The van der Waals surface area contributed by atoms with Crippen LogP contribution in [-0.4, -0.2) is 45.4 Å². The van der Waals surface area contributed by atoms with Gasteiger partial charge < -0.3 is 9.22 Å². The molecule has 0 rings (SSSR count). The second kappa shape index (κ2) is 24.3. The summed E-state index contributed by atoms with van der Waals surface area (Å²) in [5.41, 5.74) is 0. The SMILES string of the molecule is CCCCCCCC/C=C\CCCCCCCCCCCCCCOCC[N+](C)(C)C. The Bertz CT molecular complexity index is 358. The van der Waals surface area contributed by atoms with Crippen molar-refractivity contribution in [3.05, 3.63) is 12.2 Å². The molecular weight excluding hydrogens is 378 g/mol. The zero-order valence-electron chi connectivity index (χ0n) is 22.3. The van der Waals surface area contributed by atoms with E-state index in [1.807, 2.05) is 0 Å². The molecule has 0 radical (unpaired) electrons. The van der Waals surface area contributed by atoms with E-state index in [-0.39, 0.29) is 0 Å². The highest BCUT2D eigenvalue weighted by atomic mass is 16.5. The van der Waals surface area contributed by atoms with Crippen molar-refractivity contribution in [2.45, 2.75) is 135 Å². The molecule has 0 amide bonds. The summed E-state index contributed by atoms with van der Waals surface area (Å²) < 4.78 is 6.73. The Morgan fingerprint density at radius 3 is 1.29 bits per heavy atom. The lowest BCUT2D eigenvalue weighted by Gasteiger charge is -2.23. The minimum absolute atomic E-state index is 0.902. The van der Waals surface area contributed by atoms with Gasteiger partial charge >= 0.3 is 0 Å². The number of unbranched alkanes of at least 4 members (excludes halogenated alkanes) is 18. The third-order valence-electron chi connectivity index (χ3n) is 6.21. The van der Waals surface area contributed by atoms with Crippen LogP contribution < -0.4 is 0 Å². The van der Waals surface area contributed by atoms with Gasteiger partial charge in [-0.3, -0.25) is 0 Å². The Kier molecular flexibility index (Phi) is 24.0. The third-order valence-corrected chi connectivity index (χ3v) is 6.21. The summed E-state index contributed by atoms with van der Waals surface area (Å²) in [6, 6.07) is 0. The number of rotatable bonds is 25. The number of ether oxygens (including phenoxy) is 1. The first-order valence-electron chi connectivity index (χ1n) is 14.1. The van der Waals surface area contributed by atoms with Crippen LogP contribution in [0.3, 0.4) is 0 Å². The van der Waals surface area contributed by atoms with Gasteiger partial charge in [0.15, 0.2) is 0 Å². The number of nitrogens with zero attached hydrogens (tertiary/aromatic N) is 1. The standard InChI is InChI=1S/C29H60NO/c1-5-6-7-8-9-10-11-12-13-14-15-16-17-18-19-20-21-22-23-24-25-26-28-31-29-27-30(2,3)4/h12-13H,5-11,14-29H2,1-4H3/q+1/b13-12-. The Balaban J connectivity index is 3.08. The highest BCUT2D eigenvalue weighted by Gasteiger charge is 2.05. The smallest absolute Gasteiger partial charge is 0.102 e. The third kappa shape index (κ3) is 29.7. The average molecular weight is 439 g/mol. The molecule has 2 nitrogen and oxygen atoms in total. The largest absolute Gasteiger partial charge is 0.376 e. The van der Waals surface area contributed by atoms with Crippen LogP contribution in [0, 0.1) is 0 Å². The number of hydrogen-bond acceptors (Lipinski definition) is 1. The van der Waals surface area contributed by atoms with Gasteiger partial charge in [-0.1, -0.05) is 115 Å². The van der Waals surface area contributed by atoms with E-state index in [9.17, 15) is 0 Å². The van der Waals surface area contributed by atoms with Crippen LogP contribution in [0.1, 0.15) is 135 Å². The highest BCUT2D eigenvalue weighted by Crippen LogP contribution is 2.13. The van der Waals surface area contributed by atoms with Crippen molar-refractivity contribution in [3.63, 3.8) is 0 Å². The first-order valence-corrected chi connectivity index (χ1v) is 14.1. The fraction of sp³-hybridized carbons (Fsp3) is 0.931. The number of quaternary nitrogens is 1. The number of allylic oxidation sites excluding steroid dienone is 2. The van der Waals surface area contributed by atoms with E-state index in [0.717, 1.165) is 24.2 Å². The summed E-state index contributed by atoms with van der Waals surface area (Å²) in [4.78, 5) is 0. The van der Waals surface area contributed by atoms with Gasteiger partial charge in [-0.2, -0.15) is 0 Å². The molecule has 0 saturated heterocycles. The molecule has 186 valence electrons. The molecule has 0 aromatic carbocycles. The Morgan fingerprint density at radius 1 is 0.484 bits per heavy atom. The van der Waals surface area contributed by atoms with Crippen molar-refractivity contribution in [1.29, 1.82) is 0 Å². The zero-order chi connectivity index (χ0) is 22.9. The topological polar surface area (TPSA) is 9.23 Å². The summed E-state index contributed by atoms with van der Waals surface area (Å²) in [7, 11) is 6.67. The normalized spacial score (nSPS) is 12.3. The van der Waals surface area contributed by atoms with Crippen molar-refractivity contribution in [2.24, 2.45) is 0 Å². The number of likely N-dealkylation sites (N-methyl/N-ethyl adjacent to an activating group) is 1. The molecular formula is C29H60NO+. The molecule has 0 spiro atoms. The van der Waals surface area contributed by atoms with Crippen LogP contribution in [0.15, 0.2) is 12.2 Å². The summed E-state index contributed by atoms with van der Waals surface area (Å²) in [6.45, 7) is 5.25. The zero-order valence-corrected chi connectivity index (χ0v) is 22.3. The molecule has 0 aromatic heterocycles. The van der Waals surface area contributed by atoms with E-state index < -0.39 is 0 Å². The molecule has 0 aliphatic rings. The van der Waals surface area contributed by atoms with Gasteiger partial charge in [0.2, 0.25) is 0 Å². The van der Waals surface area contributed by atoms with E-state index in [4.69, 9.17) is 4.74 Å². The average Bonchev–Trinajstić information content (AvgIpc) is 2.73. The van der Waals surface area contributed by atoms with Crippen LogP contribution >= 0.6 is 0 Å². The first-order chi connectivity index (χ1) is 15.1. The molecule has 0 unspecified atom stereocenters. The van der Waals surface area contributed by atoms with Crippen LogP contribution in [0.5, 0.6) is 0 Å². The molecule has 0 aromatic rings. The second-order valence-electron chi connectivity index (χ2n) is 10.7. The summed E-state index contributed by atoms with van der Waals surface area (Å²) in [6.07, 6.45) is 32.8. The number of hydrogen-bond donors (Lipinski definition) is 0. The maximum absolute atomic E-state index is 5.73. The highest BCUT2D eigenvalue weighted by molar-refractivity contribution is 4.81. The van der Waals surface area contributed by atoms with E-state index in [0.29, 0.717) is 0 Å². The van der Waals surface area contributed by atoms with Crippen molar-refractivity contribution >= 4 is 0 Å². The van der Waals surface area contributed by atoms with E-state index >= 15 is 0 Å². The van der Waals surface area contributed by atoms with Crippen LogP contribution in [-0.2, 0) is 4.74 Å². The Labute approximate surface area is 197 Å². The summed E-state index contributed by atoms with van der Waals surface area (Å²) in [5.74, 6) is 0. The lowest BCUT2D eigenvalue weighted by molar-refractivity contribution is -0.870. The van der Waals surface area contributed by atoms with E-state index in [2.05, 4.69) is 40.2 Å². The van der Waals surface area contributed by atoms with Gasteiger partial charge in [0.25, 0.3) is 0 Å². The Morgan fingerprint density at radius 2 is 0.871 bits per heavy atom. The summed E-state index contributed by atoms with van der Waals surface area (Å²) >= 11 is 0. The molecule has 0 bridgehead atoms. The summed E-state index contributed by atoms with van der Waals surface area (Å²) in [5, 5.41) is 0. The van der Waals surface area contributed by atoms with Gasteiger partial charge in [0, 0.05) is 6.61 Å². The van der Waals surface area contributed by atoms with E-state index in [1.54, 1.807) is 0 Å². The molecule has 0 aliphatic heterocycles. The van der Waals surface area contributed by atoms with Crippen LogP contribution in [0.2, 0.25) is 0 Å². The molecule has 0 atom stereocenters. The maximum Gasteiger partial charge on any atom is 0.102 e. The quantitative estimate of drug-likeness (QED) is 0.0784. The van der Waals surface area contributed by atoms with Crippen LogP contribution in [0.4, 0.5) is 0 Å². The van der Waals surface area contributed by atoms with E-state index in [1.165, 1.54) is 128 Å². The van der Waals surface area contributed by atoms with Gasteiger partial charge in [-0.25, -0.2) is 0 Å². The lowest BCUT2D eigenvalue weighted by Crippen LogP contribution is -2.37. The lowest BCUT2D eigenvalue weighted by atomic mass is 10.0. The van der Waals surface area contributed by atoms with Gasteiger partial charge in [0.1, 0.15) is 6.54 Å². The molecule has 0 heterocycles. The minimum Gasteiger partial charge on any atom is -0.376 e. The second-order valence-corrected chi connectivity index (χ2v) is 10.7. The molecule has 2 heteroatoms. The molecule has 0 aliphatic carbocycles. The maximum atomic E-state index is 5.73. The first kappa shape index (κ1) is 30.7. The molecule has 0 fully saturated rings. The molecule has 0 saturated carbocycles. The van der Waals surface area contributed by atoms with Crippen LogP contribution in [0.25, 0.3) is 0 Å². The predicted molar refractivity (Wildman–Crippen MR) is 141 cm³/mol. The molecule has 31 heavy (non-hydrogen) atoms.